The zero-order valence-electron chi connectivity index (χ0n) is 12.1. The fraction of sp³-hybridized carbons (Fsp3) is 0.867. The van der Waals surface area contributed by atoms with Gasteiger partial charge in [0.15, 0.2) is 0 Å². The number of hydrogen-bond donors (Lipinski definition) is 0. The van der Waals surface area contributed by atoms with Crippen molar-refractivity contribution in [2.24, 2.45) is 5.92 Å². The summed E-state index contributed by atoms with van der Waals surface area (Å²) >= 11 is 1.73. The molecule has 0 aromatic heterocycles. The van der Waals surface area contributed by atoms with E-state index < -0.39 is 0 Å². The fourth-order valence-corrected chi connectivity index (χ4v) is 4.41. The SMILES string of the molecule is O=C(C1CSCN1C(=O)C1CCC1)N1CCCCCC1. The van der Waals surface area contributed by atoms with Crippen LogP contribution in [0.1, 0.15) is 44.9 Å². The van der Waals surface area contributed by atoms with Gasteiger partial charge < -0.3 is 9.80 Å². The molecule has 1 aliphatic carbocycles. The first-order valence-electron chi connectivity index (χ1n) is 7.94. The maximum atomic E-state index is 12.7. The number of hydrogen-bond acceptors (Lipinski definition) is 3. The van der Waals surface area contributed by atoms with Crippen LogP contribution < -0.4 is 0 Å². The molecule has 0 radical (unpaired) electrons. The van der Waals surface area contributed by atoms with Gasteiger partial charge in [0.05, 0.1) is 5.88 Å². The van der Waals surface area contributed by atoms with Gasteiger partial charge in [-0.25, -0.2) is 0 Å². The quantitative estimate of drug-likeness (QED) is 0.783. The molecule has 0 aromatic carbocycles. The summed E-state index contributed by atoms with van der Waals surface area (Å²) in [4.78, 5) is 29.0. The maximum Gasteiger partial charge on any atom is 0.246 e. The van der Waals surface area contributed by atoms with E-state index in [1.807, 2.05) is 9.80 Å². The lowest BCUT2D eigenvalue weighted by atomic mass is 9.84. The number of carbonyl (C=O) groups excluding carboxylic acids is 2. The Bertz CT molecular complexity index is 376. The Morgan fingerprint density at radius 2 is 1.60 bits per heavy atom. The van der Waals surface area contributed by atoms with Crippen LogP contribution in [0.5, 0.6) is 0 Å². The normalized spacial score (nSPS) is 28.1. The molecule has 2 saturated heterocycles. The van der Waals surface area contributed by atoms with E-state index >= 15 is 0 Å². The van der Waals surface area contributed by atoms with Gasteiger partial charge in [-0.1, -0.05) is 19.3 Å². The molecule has 4 nitrogen and oxygen atoms in total. The Labute approximate surface area is 125 Å². The molecule has 1 atom stereocenters. The van der Waals surface area contributed by atoms with E-state index in [4.69, 9.17) is 0 Å². The molecule has 2 aliphatic heterocycles. The average molecular weight is 296 g/mol. The van der Waals surface area contributed by atoms with Gasteiger partial charge in [0.2, 0.25) is 11.8 Å². The number of likely N-dealkylation sites (tertiary alicyclic amines) is 1. The third-order valence-electron chi connectivity index (χ3n) is 4.82. The van der Waals surface area contributed by atoms with Gasteiger partial charge in [-0.15, -0.1) is 11.8 Å². The molecule has 3 rings (SSSR count). The molecule has 0 aromatic rings. The number of carbonyl (C=O) groups is 2. The summed E-state index contributed by atoms with van der Waals surface area (Å²) in [6.07, 6.45) is 7.89. The van der Waals surface area contributed by atoms with Crippen molar-refractivity contribution < 1.29 is 9.59 Å². The lowest BCUT2D eigenvalue weighted by molar-refractivity contribution is -0.147. The predicted molar refractivity (Wildman–Crippen MR) is 80.3 cm³/mol. The van der Waals surface area contributed by atoms with E-state index in [2.05, 4.69) is 0 Å². The maximum absolute atomic E-state index is 12.7. The average Bonchev–Trinajstić information content (AvgIpc) is 2.71. The monoisotopic (exact) mass is 296 g/mol. The van der Waals surface area contributed by atoms with Crippen LogP contribution in [0.4, 0.5) is 0 Å². The molecule has 3 aliphatic rings. The Balaban J connectivity index is 1.64. The Morgan fingerprint density at radius 1 is 0.900 bits per heavy atom. The van der Waals surface area contributed by atoms with Gasteiger partial charge in [-0.3, -0.25) is 9.59 Å². The Kier molecular flexibility index (Phi) is 4.54. The first-order chi connectivity index (χ1) is 9.77. The van der Waals surface area contributed by atoms with E-state index in [9.17, 15) is 9.59 Å². The molecule has 5 heteroatoms. The van der Waals surface area contributed by atoms with Crippen LogP contribution in [-0.4, -0.2) is 52.4 Å². The summed E-state index contributed by atoms with van der Waals surface area (Å²) in [5.41, 5.74) is 0. The van der Waals surface area contributed by atoms with E-state index in [0.29, 0.717) is 5.88 Å². The minimum Gasteiger partial charge on any atom is -0.341 e. The van der Waals surface area contributed by atoms with Gasteiger partial charge in [0.1, 0.15) is 6.04 Å². The molecule has 0 N–H and O–H groups in total. The second kappa shape index (κ2) is 6.37. The summed E-state index contributed by atoms with van der Waals surface area (Å²) in [5, 5.41) is 0. The second-order valence-corrected chi connectivity index (χ2v) is 7.19. The van der Waals surface area contributed by atoms with Gasteiger partial charge in [-0.2, -0.15) is 0 Å². The predicted octanol–water partition coefficient (Wildman–Crippen LogP) is 2.09. The molecular weight excluding hydrogens is 272 g/mol. The van der Waals surface area contributed by atoms with E-state index in [1.165, 1.54) is 19.3 Å². The molecule has 0 spiro atoms. The van der Waals surface area contributed by atoms with Crippen molar-refractivity contribution in [2.45, 2.75) is 51.0 Å². The summed E-state index contributed by atoms with van der Waals surface area (Å²) < 4.78 is 0. The van der Waals surface area contributed by atoms with Crippen molar-refractivity contribution in [1.29, 1.82) is 0 Å². The zero-order chi connectivity index (χ0) is 13.9. The van der Waals surface area contributed by atoms with Crippen LogP contribution in [0.2, 0.25) is 0 Å². The molecule has 2 amide bonds. The molecule has 0 bridgehead atoms. The zero-order valence-corrected chi connectivity index (χ0v) is 12.9. The summed E-state index contributed by atoms with van der Waals surface area (Å²) in [5.74, 6) is 2.13. The number of rotatable bonds is 2. The second-order valence-electron chi connectivity index (χ2n) is 6.19. The minimum atomic E-state index is -0.189. The third kappa shape index (κ3) is 2.83. The highest BCUT2D eigenvalue weighted by molar-refractivity contribution is 7.99. The van der Waals surface area contributed by atoms with Gasteiger partial charge in [0, 0.05) is 24.8 Å². The highest BCUT2D eigenvalue weighted by Gasteiger charge is 2.40. The molecule has 112 valence electrons. The van der Waals surface area contributed by atoms with Crippen molar-refractivity contribution in [2.75, 3.05) is 24.7 Å². The summed E-state index contributed by atoms with van der Waals surface area (Å²) in [6.45, 7) is 1.76. The Morgan fingerprint density at radius 3 is 2.20 bits per heavy atom. The summed E-state index contributed by atoms with van der Waals surface area (Å²) in [6, 6.07) is -0.189. The Hall–Kier alpha value is -0.710. The van der Waals surface area contributed by atoms with E-state index in [-0.39, 0.29) is 23.8 Å². The van der Waals surface area contributed by atoms with E-state index in [1.54, 1.807) is 11.8 Å². The van der Waals surface area contributed by atoms with Crippen LogP contribution >= 0.6 is 11.8 Å². The molecule has 3 fully saturated rings. The van der Waals surface area contributed by atoms with Crippen LogP contribution in [0.25, 0.3) is 0 Å². The first kappa shape index (κ1) is 14.2. The lowest BCUT2D eigenvalue weighted by Gasteiger charge is -2.33. The molecule has 1 unspecified atom stereocenters. The molecular formula is C15H24N2O2S. The number of nitrogens with zero attached hydrogens (tertiary/aromatic N) is 2. The topological polar surface area (TPSA) is 40.6 Å². The van der Waals surface area contributed by atoms with Crippen molar-refractivity contribution in [3.8, 4) is 0 Å². The number of amides is 2. The lowest BCUT2D eigenvalue weighted by Crippen LogP contribution is -2.51. The van der Waals surface area contributed by atoms with Gasteiger partial charge >= 0.3 is 0 Å². The van der Waals surface area contributed by atoms with Crippen LogP contribution in [0.3, 0.4) is 0 Å². The minimum absolute atomic E-state index is 0.189. The molecule has 1 saturated carbocycles. The standard InChI is InChI=1S/C15H24N2O2S/c18-14(12-6-5-7-12)17-11-20-10-13(17)15(19)16-8-3-1-2-4-9-16/h12-13H,1-11H2. The largest absolute Gasteiger partial charge is 0.341 e. The van der Waals surface area contributed by atoms with Crippen LogP contribution in [0, 0.1) is 5.92 Å². The van der Waals surface area contributed by atoms with Gasteiger partial charge in [0.25, 0.3) is 0 Å². The van der Waals surface area contributed by atoms with Crippen molar-refractivity contribution in [3.05, 3.63) is 0 Å². The van der Waals surface area contributed by atoms with Crippen LogP contribution in [0.15, 0.2) is 0 Å². The third-order valence-corrected chi connectivity index (χ3v) is 5.83. The first-order valence-corrected chi connectivity index (χ1v) is 9.10. The van der Waals surface area contributed by atoms with Crippen molar-refractivity contribution in [3.63, 3.8) is 0 Å². The smallest absolute Gasteiger partial charge is 0.246 e. The van der Waals surface area contributed by atoms with Crippen molar-refractivity contribution in [1.82, 2.24) is 9.80 Å². The van der Waals surface area contributed by atoms with Crippen molar-refractivity contribution >= 4 is 23.6 Å². The number of thioether (sulfide) groups is 1. The van der Waals surface area contributed by atoms with Gasteiger partial charge in [-0.05, 0) is 25.7 Å². The molecule has 2 heterocycles. The highest BCUT2D eigenvalue weighted by atomic mass is 32.2. The summed E-state index contributed by atoms with van der Waals surface area (Å²) in [7, 11) is 0. The van der Waals surface area contributed by atoms with E-state index in [0.717, 1.165) is 44.5 Å². The molecule has 20 heavy (non-hydrogen) atoms. The fourth-order valence-electron chi connectivity index (χ4n) is 3.26. The highest BCUT2D eigenvalue weighted by Crippen LogP contribution is 2.32. The van der Waals surface area contributed by atoms with Crippen LogP contribution in [-0.2, 0) is 9.59 Å².